The lowest BCUT2D eigenvalue weighted by Gasteiger charge is -2.37. The molecular weight excluding hydrogens is 779 g/mol. The van der Waals surface area contributed by atoms with Crippen molar-refractivity contribution in [2.75, 3.05) is 0 Å². The van der Waals surface area contributed by atoms with E-state index in [1.54, 1.807) is 0 Å². The van der Waals surface area contributed by atoms with Gasteiger partial charge in [0.2, 0.25) is 0 Å². The molecule has 0 aliphatic carbocycles. The number of hydrogen-bond donors (Lipinski definition) is 0. The summed E-state index contributed by atoms with van der Waals surface area (Å²) in [6, 6.07) is 75.4. The number of fused-ring (bicyclic) bond motifs is 9. The molecule has 0 unspecified atom stereocenters. The number of hydrogen-bond acceptors (Lipinski definition) is 2. The van der Waals surface area contributed by atoms with Crippen LogP contribution in [-0.2, 0) is 5.54 Å². The van der Waals surface area contributed by atoms with Crippen molar-refractivity contribution in [3.05, 3.63) is 217 Å². The number of aromatic nitrogens is 3. The highest BCUT2D eigenvalue weighted by Gasteiger charge is 2.37. The Balaban J connectivity index is 1.40. The van der Waals surface area contributed by atoms with Gasteiger partial charge >= 0.3 is 0 Å². The Bertz CT molecular complexity index is 3620. The summed E-state index contributed by atoms with van der Waals surface area (Å²) in [5, 5.41) is 28.0. The number of benzene rings is 9. The fraction of sp³-hybridized carbons (Fsp3) is 0.0508. The molecule has 0 atom stereocenters. The first-order chi connectivity index (χ1) is 31.5. The first-order valence-electron chi connectivity index (χ1n) is 21.6. The quantitative estimate of drug-likeness (QED) is 0.168. The summed E-state index contributed by atoms with van der Waals surface area (Å²) < 4.78 is 7.36. The average Bonchev–Trinajstić information content (AvgIpc) is 4.00. The first kappa shape index (κ1) is 37.1. The summed E-state index contributed by atoms with van der Waals surface area (Å²) in [5.41, 5.74) is 13.8. The maximum Gasteiger partial charge on any atom is 0.0991 e. The summed E-state index contributed by atoms with van der Waals surface area (Å²) >= 11 is 0. The molecule has 0 saturated heterocycles. The van der Waals surface area contributed by atoms with E-state index >= 15 is 0 Å². The monoisotopic (exact) mass is 817 g/mol. The van der Waals surface area contributed by atoms with Gasteiger partial charge in [0.15, 0.2) is 0 Å². The molecule has 12 aromatic rings. The second-order valence-electron chi connectivity index (χ2n) is 17.1. The van der Waals surface area contributed by atoms with Gasteiger partial charge in [-0.15, -0.1) is 0 Å². The fourth-order valence-corrected chi connectivity index (χ4v) is 10.7. The summed E-state index contributed by atoms with van der Waals surface area (Å²) in [7, 11) is 0. The smallest absolute Gasteiger partial charge is 0.0991 e. The normalized spacial score (nSPS) is 11.9. The van der Waals surface area contributed by atoms with Crippen LogP contribution in [0.1, 0.15) is 30.5 Å². The lowest BCUT2D eigenvalue weighted by Crippen LogP contribution is -2.30. The SMILES string of the molecule is CC(C)(c1c(-c2cccc(C#N)c2)c(-n2c3ccccc3c3ccccc32)cc(-n2c3ccccc3c3ccccc32)c1-c1cccc(C#N)c1)n1c2ccccc2c2ccccc21. The average molecular weight is 818 g/mol. The molecule has 0 bridgehead atoms. The van der Waals surface area contributed by atoms with Crippen molar-refractivity contribution in [2.24, 2.45) is 0 Å². The molecule has 300 valence electrons. The minimum absolute atomic E-state index is 0.575. The van der Waals surface area contributed by atoms with Crippen molar-refractivity contribution in [3.63, 3.8) is 0 Å². The number of para-hydroxylation sites is 6. The van der Waals surface area contributed by atoms with Crippen LogP contribution in [0.3, 0.4) is 0 Å². The van der Waals surface area contributed by atoms with Gasteiger partial charge in [0.25, 0.3) is 0 Å². The van der Waals surface area contributed by atoms with Crippen LogP contribution in [0.25, 0.3) is 99.0 Å². The molecule has 64 heavy (non-hydrogen) atoms. The van der Waals surface area contributed by atoms with Crippen molar-refractivity contribution in [1.82, 2.24) is 13.7 Å². The van der Waals surface area contributed by atoms with Gasteiger partial charge in [-0.2, -0.15) is 10.5 Å². The largest absolute Gasteiger partial charge is 0.331 e. The highest BCUT2D eigenvalue weighted by Crippen LogP contribution is 2.52. The highest BCUT2D eigenvalue weighted by molar-refractivity contribution is 6.13. The summed E-state index contributed by atoms with van der Waals surface area (Å²) in [6.45, 7) is 4.67. The van der Waals surface area contributed by atoms with Gasteiger partial charge in [0.05, 0.1) is 62.2 Å². The Morgan fingerprint density at radius 1 is 0.359 bits per heavy atom. The Morgan fingerprint density at radius 3 is 1.02 bits per heavy atom. The van der Waals surface area contributed by atoms with E-state index in [-0.39, 0.29) is 0 Å². The van der Waals surface area contributed by atoms with E-state index < -0.39 is 5.54 Å². The molecule has 0 radical (unpaired) electrons. The maximum atomic E-state index is 10.5. The van der Waals surface area contributed by atoms with E-state index in [0.717, 1.165) is 93.8 Å². The van der Waals surface area contributed by atoms with Gasteiger partial charge in [-0.25, -0.2) is 0 Å². The molecule has 0 N–H and O–H groups in total. The zero-order chi connectivity index (χ0) is 43.1. The molecule has 0 spiro atoms. The van der Waals surface area contributed by atoms with Gasteiger partial charge in [-0.3, -0.25) is 0 Å². The third-order valence-electron chi connectivity index (χ3n) is 13.2. The summed E-state index contributed by atoms with van der Waals surface area (Å²) in [6.07, 6.45) is 0. The molecule has 0 saturated carbocycles. The van der Waals surface area contributed by atoms with Crippen molar-refractivity contribution >= 4 is 65.4 Å². The van der Waals surface area contributed by atoms with Crippen LogP contribution in [0, 0.1) is 22.7 Å². The van der Waals surface area contributed by atoms with E-state index in [4.69, 9.17) is 0 Å². The van der Waals surface area contributed by atoms with Gasteiger partial charge < -0.3 is 13.7 Å². The van der Waals surface area contributed by atoms with Crippen LogP contribution in [0.15, 0.2) is 200 Å². The second-order valence-corrected chi connectivity index (χ2v) is 17.1. The van der Waals surface area contributed by atoms with Crippen molar-refractivity contribution < 1.29 is 0 Å². The first-order valence-corrected chi connectivity index (χ1v) is 21.6. The maximum absolute atomic E-state index is 10.5. The van der Waals surface area contributed by atoms with Gasteiger partial charge in [-0.05, 0) is 97.3 Å². The molecular formula is C59H39N5. The Hall–Kier alpha value is -8.64. The minimum Gasteiger partial charge on any atom is -0.331 e. The second kappa shape index (κ2) is 14.2. The van der Waals surface area contributed by atoms with E-state index in [1.807, 2.05) is 36.4 Å². The number of nitriles is 2. The highest BCUT2D eigenvalue weighted by atomic mass is 15.1. The van der Waals surface area contributed by atoms with Crippen molar-refractivity contribution in [1.29, 1.82) is 10.5 Å². The van der Waals surface area contributed by atoms with Crippen molar-refractivity contribution in [3.8, 4) is 45.8 Å². The minimum atomic E-state index is -0.791. The van der Waals surface area contributed by atoms with Gasteiger partial charge in [0, 0.05) is 54.5 Å². The lowest BCUT2D eigenvalue weighted by atomic mass is 9.78. The standard InChI is InChI=1S/C59H39N5/c1-59(2,64-52-31-13-7-25-46(52)47-26-8-14-32-53(47)64)58-56(40-19-15-17-38(33-40)36-60)54(62-48-27-9-3-21-42(48)43-22-4-10-28-49(43)62)35-55(57(58)41-20-16-18-39(34-41)37-61)63-50-29-11-5-23-44(50)45-24-6-12-30-51(45)63/h3-35H,1-2H3. The summed E-state index contributed by atoms with van der Waals surface area (Å²) in [4.78, 5) is 0. The molecule has 0 aliphatic heterocycles. The molecule has 5 heteroatoms. The zero-order valence-electron chi connectivity index (χ0n) is 35.3. The molecule has 5 nitrogen and oxygen atoms in total. The van der Waals surface area contributed by atoms with E-state index in [9.17, 15) is 10.5 Å². The van der Waals surface area contributed by atoms with Crippen LogP contribution < -0.4 is 0 Å². The lowest BCUT2D eigenvalue weighted by molar-refractivity contribution is 0.467. The van der Waals surface area contributed by atoms with Crippen LogP contribution in [-0.4, -0.2) is 13.7 Å². The summed E-state index contributed by atoms with van der Waals surface area (Å²) in [5.74, 6) is 0. The van der Waals surface area contributed by atoms with Crippen LogP contribution in [0.2, 0.25) is 0 Å². The van der Waals surface area contributed by atoms with E-state index in [2.05, 4.69) is 203 Å². The third-order valence-corrected chi connectivity index (χ3v) is 13.2. The molecule has 0 amide bonds. The number of nitrogens with zero attached hydrogens (tertiary/aromatic N) is 5. The predicted octanol–water partition coefficient (Wildman–Crippen LogP) is 14.8. The Kier molecular flexibility index (Phi) is 8.25. The van der Waals surface area contributed by atoms with Gasteiger partial charge in [-0.1, -0.05) is 133 Å². The molecule has 3 aromatic heterocycles. The number of rotatable bonds is 6. The van der Waals surface area contributed by atoms with Crippen molar-refractivity contribution in [2.45, 2.75) is 19.4 Å². The van der Waals surface area contributed by atoms with Gasteiger partial charge in [0.1, 0.15) is 0 Å². The molecule has 0 aliphatic rings. The predicted molar refractivity (Wildman–Crippen MR) is 263 cm³/mol. The van der Waals surface area contributed by atoms with E-state index in [0.29, 0.717) is 11.1 Å². The molecule has 0 fully saturated rings. The van der Waals surface area contributed by atoms with Crippen LogP contribution in [0.5, 0.6) is 0 Å². The molecule has 3 heterocycles. The molecule has 9 aromatic carbocycles. The molecule has 12 rings (SSSR count). The Morgan fingerprint density at radius 2 is 0.672 bits per heavy atom. The third kappa shape index (κ3) is 5.35. The zero-order valence-corrected chi connectivity index (χ0v) is 35.3. The van der Waals surface area contributed by atoms with Crippen LogP contribution in [0.4, 0.5) is 0 Å². The van der Waals surface area contributed by atoms with E-state index in [1.165, 1.54) is 10.8 Å². The fourth-order valence-electron chi connectivity index (χ4n) is 10.7. The van der Waals surface area contributed by atoms with Crippen LogP contribution >= 0.6 is 0 Å². The Labute approximate surface area is 370 Å². The topological polar surface area (TPSA) is 62.4 Å².